The van der Waals surface area contributed by atoms with Gasteiger partial charge in [-0.1, -0.05) is 199 Å². The number of phosphoric acid groups is 1. The van der Waals surface area contributed by atoms with E-state index in [2.05, 4.69) is 13.8 Å². The summed E-state index contributed by atoms with van der Waals surface area (Å²) < 4.78 is 71.2. The molecule has 1 aromatic carbocycles. The van der Waals surface area contributed by atoms with Gasteiger partial charge in [0.2, 0.25) is 0 Å². The molecule has 12 heteroatoms. The molecule has 3 aliphatic rings. The minimum absolute atomic E-state index is 0.0787. The number of unbranched alkanes of at least 4 members (excludes halogenated alkanes) is 26. The predicted octanol–water partition coefficient (Wildman–Crippen LogP) is 14.4. The van der Waals surface area contributed by atoms with Crippen molar-refractivity contribution in [3.05, 3.63) is 30.3 Å². The number of ether oxygens (including phenoxy) is 6. The van der Waals surface area contributed by atoms with Gasteiger partial charge in [-0.15, -0.1) is 0 Å². The highest BCUT2D eigenvalue weighted by molar-refractivity contribution is 7.49. The summed E-state index contributed by atoms with van der Waals surface area (Å²) in [6.07, 6.45) is 30.5. The lowest BCUT2D eigenvalue weighted by atomic mass is 9.85. The number of aliphatic hydroxyl groups excluding tert-OH is 1. The van der Waals surface area contributed by atoms with Crippen molar-refractivity contribution in [2.45, 2.75) is 276 Å². The second-order valence-corrected chi connectivity index (χ2v) is 21.6. The fourth-order valence-corrected chi connectivity index (χ4v) is 10.9. The number of hydrogen-bond donors (Lipinski definition) is 1. The molecule has 378 valence electrons. The van der Waals surface area contributed by atoms with Crippen LogP contribution >= 0.6 is 7.82 Å². The average molecular weight is 939 g/mol. The van der Waals surface area contributed by atoms with Crippen LogP contribution in [0, 0.1) is 0 Å². The van der Waals surface area contributed by atoms with Gasteiger partial charge < -0.3 is 38.1 Å². The Morgan fingerprint density at radius 1 is 0.538 bits per heavy atom. The van der Waals surface area contributed by atoms with Crippen molar-refractivity contribution in [1.29, 1.82) is 0 Å². The molecule has 65 heavy (non-hydrogen) atoms. The fraction of sp³-hybridized carbons (Fsp3) is 0.887. The van der Waals surface area contributed by atoms with Gasteiger partial charge in [-0.2, -0.15) is 0 Å². The van der Waals surface area contributed by atoms with E-state index < -0.39 is 62.1 Å². The maximum absolute atomic E-state index is 15.0. The molecule has 2 heterocycles. The van der Waals surface area contributed by atoms with Crippen molar-refractivity contribution in [2.75, 3.05) is 26.4 Å². The zero-order valence-corrected chi connectivity index (χ0v) is 42.9. The van der Waals surface area contributed by atoms with E-state index in [0.717, 1.165) is 25.7 Å². The number of hydrogen-bond acceptors (Lipinski definition) is 11. The third-order valence-electron chi connectivity index (χ3n) is 13.1. The standard InChI is InChI=1S/C53H95O11P/c1-7-9-11-13-15-17-19-21-23-25-27-29-31-36-40-56-42-45(57-41-37-32-30-28-26-24-22-20-18-16-14-12-10-8-2)43-58-65(55,63-44-38-34-33-35-39-44)64-51-49-47(59-52(3,4)61-49)46(54)48-50(51)62-53(5,6)60-48/h33-35,38-39,45-51,54H,7-32,36-37,40-43H2,1-6H3/t45-,46?,47-,48+,49-,50-,51?,65?/m1/s1. The molecule has 3 fully saturated rings. The van der Waals surface area contributed by atoms with Crippen molar-refractivity contribution in [3.63, 3.8) is 0 Å². The maximum Gasteiger partial charge on any atom is 0.530 e. The Kier molecular flexibility index (Phi) is 27.7. The molecule has 3 unspecified atom stereocenters. The highest BCUT2D eigenvalue weighted by Gasteiger charge is 2.65. The molecule has 8 atom stereocenters. The van der Waals surface area contributed by atoms with Gasteiger partial charge in [-0.3, -0.25) is 9.05 Å². The van der Waals surface area contributed by atoms with Gasteiger partial charge in [-0.05, 0) is 52.7 Å². The molecule has 0 amide bonds. The second-order valence-electron chi connectivity index (χ2n) is 20.1. The van der Waals surface area contributed by atoms with Crippen molar-refractivity contribution in [3.8, 4) is 5.75 Å². The Labute approximate surface area is 396 Å². The SMILES string of the molecule is CCCCCCCCCCCCCCCCOC[C@H](COP(=O)(Oc1ccccc1)OC1[C@@H]2OC(C)(C)O[C@@H]2C(O)[C@@H]2OC(C)(C)O[C@@H]12)OCCCCCCCCCCCCCCCC. The van der Waals surface area contributed by atoms with Crippen molar-refractivity contribution >= 4 is 7.82 Å². The van der Waals surface area contributed by atoms with E-state index in [-0.39, 0.29) is 6.61 Å². The van der Waals surface area contributed by atoms with E-state index in [1.165, 1.54) is 154 Å². The van der Waals surface area contributed by atoms with Crippen LogP contribution in [0.15, 0.2) is 30.3 Å². The molecular weight excluding hydrogens is 844 g/mol. The van der Waals surface area contributed by atoms with Crippen LogP contribution < -0.4 is 4.52 Å². The molecule has 1 N–H and O–H groups in total. The number of phosphoric ester groups is 1. The summed E-state index contributed by atoms with van der Waals surface area (Å²) in [4.78, 5) is 0. The first-order chi connectivity index (χ1) is 31.5. The summed E-state index contributed by atoms with van der Waals surface area (Å²) in [5.41, 5.74) is 0. The van der Waals surface area contributed by atoms with Crippen LogP contribution in [-0.2, 0) is 42.0 Å². The highest BCUT2D eigenvalue weighted by atomic mass is 31.2. The number of para-hydroxylation sites is 1. The third-order valence-corrected chi connectivity index (χ3v) is 14.5. The molecule has 2 aliphatic heterocycles. The Hall–Kier alpha value is -1.11. The fourth-order valence-electron chi connectivity index (χ4n) is 9.48. The minimum atomic E-state index is -4.40. The summed E-state index contributed by atoms with van der Waals surface area (Å²) in [6.45, 7) is 13.0. The summed E-state index contributed by atoms with van der Waals surface area (Å²) in [7, 11) is -4.40. The summed E-state index contributed by atoms with van der Waals surface area (Å²) in [5, 5.41) is 11.4. The lowest BCUT2D eigenvalue weighted by Crippen LogP contribution is -2.62. The van der Waals surface area contributed by atoms with E-state index in [1.54, 1.807) is 52.0 Å². The first kappa shape index (κ1) is 56.5. The summed E-state index contributed by atoms with van der Waals surface area (Å²) >= 11 is 0. The van der Waals surface area contributed by atoms with E-state index >= 15 is 0 Å². The van der Waals surface area contributed by atoms with Crippen LogP contribution in [0.4, 0.5) is 0 Å². The molecule has 0 spiro atoms. The molecule has 2 saturated heterocycles. The highest BCUT2D eigenvalue weighted by Crippen LogP contribution is 2.55. The predicted molar refractivity (Wildman–Crippen MR) is 260 cm³/mol. The van der Waals surface area contributed by atoms with E-state index in [0.29, 0.717) is 25.6 Å². The van der Waals surface area contributed by atoms with Crippen LogP contribution in [-0.4, -0.2) is 85.8 Å². The van der Waals surface area contributed by atoms with E-state index in [4.69, 9.17) is 42.0 Å². The number of aliphatic hydroxyl groups is 1. The maximum atomic E-state index is 15.0. The van der Waals surface area contributed by atoms with E-state index in [1.807, 2.05) is 6.07 Å². The van der Waals surface area contributed by atoms with Crippen molar-refractivity contribution < 1.29 is 51.7 Å². The molecule has 0 radical (unpaired) electrons. The van der Waals surface area contributed by atoms with Gasteiger partial charge in [-0.25, -0.2) is 4.57 Å². The molecule has 1 aromatic rings. The van der Waals surface area contributed by atoms with Crippen LogP contribution in [0.25, 0.3) is 0 Å². The first-order valence-corrected chi connectivity index (χ1v) is 28.2. The van der Waals surface area contributed by atoms with Crippen LogP contribution in [0.1, 0.15) is 221 Å². The molecule has 0 aromatic heterocycles. The van der Waals surface area contributed by atoms with Gasteiger partial charge in [0.05, 0.1) is 13.2 Å². The third kappa shape index (κ3) is 22.5. The van der Waals surface area contributed by atoms with Crippen LogP contribution in [0.3, 0.4) is 0 Å². The van der Waals surface area contributed by atoms with Gasteiger partial charge in [0.25, 0.3) is 0 Å². The largest absolute Gasteiger partial charge is 0.530 e. The van der Waals surface area contributed by atoms with Gasteiger partial charge in [0.1, 0.15) is 48.5 Å². The Morgan fingerprint density at radius 2 is 0.923 bits per heavy atom. The molecule has 0 bridgehead atoms. The van der Waals surface area contributed by atoms with Crippen LogP contribution in [0.5, 0.6) is 5.75 Å². The van der Waals surface area contributed by atoms with Gasteiger partial charge in [0, 0.05) is 13.2 Å². The van der Waals surface area contributed by atoms with E-state index in [9.17, 15) is 9.67 Å². The lowest BCUT2D eigenvalue weighted by Gasteiger charge is -2.41. The first-order valence-electron chi connectivity index (χ1n) is 26.7. The Morgan fingerprint density at radius 3 is 1.35 bits per heavy atom. The average Bonchev–Trinajstić information content (AvgIpc) is 3.80. The summed E-state index contributed by atoms with van der Waals surface area (Å²) in [5.74, 6) is -1.75. The molecule has 1 aliphatic carbocycles. The molecule has 4 rings (SSSR count). The zero-order chi connectivity index (χ0) is 46.6. The molecule has 1 saturated carbocycles. The Balaban J connectivity index is 1.27. The lowest BCUT2D eigenvalue weighted by molar-refractivity contribution is -0.182. The number of rotatable bonds is 40. The monoisotopic (exact) mass is 939 g/mol. The normalized spacial score (nSPS) is 24.7. The van der Waals surface area contributed by atoms with Crippen molar-refractivity contribution in [2.24, 2.45) is 0 Å². The van der Waals surface area contributed by atoms with Gasteiger partial charge >= 0.3 is 7.82 Å². The topological polar surface area (TPSA) is 120 Å². The second kappa shape index (κ2) is 31.9. The number of benzene rings is 1. The minimum Gasteiger partial charge on any atom is -0.404 e. The van der Waals surface area contributed by atoms with Crippen LogP contribution in [0.2, 0.25) is 0 Å². The smallest absolute Gasteiger partial charge is 0.404 e. The zero-order valence-electron chi connectivity index (χ0n) is 42.0. The van der Waals surface area contributed by atoms with Gasteiger partial charge in [0.15, 0.2) is 11.6 Å². The molecular formula is C53H95O11P. The molecule has 11 nitrogen and oxygen atoms in total. The Bertz CT molecular complexity index is 1350. The summed E-state index contributed by atoms with van der Waals surface area (Å²) in [6, 6.07) is 8.85. The van der Waals surface area contributed by atoms with Crippen molar-refractivity contribution in [1.82, 2.24) is 0 Å². The number of fused-ring (bicyclic) bond motifs is 2. The quantitative estimate of drug-likeness (QED) is 0.0500.